The molecular formula is C24H21ClF2N6O3. The van der Waals surface area contributed by atoms with Crippen LogP contribution in [-0.2, 0) is 0 Å². The summed E-state index contributed by atoms with van der Waals surface area (Å²) in [5.74, 6) is -0.159. The molecule has 0 aliphatic carbocycles. The number of hydrogen-bond acceptors (Lipinski definition) is 8. The highest BCUT2D eigenvalue weighted by molar-refractivity contribution is 6.20. The molecule has 12 heteroatoms. The molecular weight excluding hydrogens is 494 g/mol. The van der Waals surface area contributed by atoms with Crippen LogP contribution in [0.3, 0.4) is 0 Å². The van der Waals surface area contributed by atoms with Crippen LogP contribution in [0.15, 0.2) is 48.8 Å². The normalized spacial score (nSPS) is 15.3. The Morgan fingerprint density at radius 3 is 2.64 bits per heavy atom. The van der Waals surface area contributed by atoms with Gasteiger partial charge in [-0.3, -0.25) is 4.79 Å². The zero-order valence-electron chi connectivity index (χ0n) is 19.0. The summed E-state index contributed by atoms with van der Waals surface area (Å²) >= 11 is 4.76. The van der Waals surface area contributed by atoms with Crippen LogP contribution < -0.4 is 20.3 Å². The van der Waals surface area contributed by atoms with Crippen molar-refractivity contribution < 1.29 is 23.4 Å². The van der Waals surface area contributed by atoms with Gasteiger partial charge in [-0.25, -0.2) is 9.97 Å². The van der Waals surface area contributed by atoms with Gasteiger partial charge in [-0.15, -0.1) is 8.78 Å². The number of carbonyl (C=O) groups excluding carboxylic acids is 1. The molecule has 3 aromatic rings. The summed E-state index contributed by atoms with van der Waals surface area (Å²) in [4.78, 5) is 23.4. The van der Waals surface area contributed by atoms with Gasteiger partial charge in [0.2, 0.25) is 0 Å². The summed E-state index contributed by atoms with van der Waals surface area (Å²) < 4.78 is 29.8. The maximum Gasteiger partial charge on any atom is 0.487 e. The Labute approximate surface area is 210 Å². The Kier molecular flexibility index (Phi) is 7.19. The molecule has 1 fully saturated rings. The van der Waals surface area contributed by atoms with Crippen LogP contribution >= 0.6 is 11.6 Å². The molecule has 3 heterocycles. The van der Waals surface area contributed by atoms with Gasteiger partial charge in [0.15, 0.2) is 11.5 Å². The largest absolute Gasteiger partial charge is 0.487 e. The third-order valence-corrected chi connectivity index (χ3v) is 5.41. The zero-order chi connectivity index (χ0) is 25.9. The van der Waals surface area contributed by atoms with Gasteiger partial charge >= 0.3 is 5.57 Å². The number of pyridine rings is 2. The lowest BCUT2D eigenvalue weighted by molar-refractivity contribution is -0.0964. The van der Waals surface area contributed by atoms with Gasteiger partial charge in [-0.2, -0.15) is 5.26 Å². The predicted octanol–water partition coefficient (Wildman–Crippen LogP) is 4.39. The lowest BCUT2D eigenvalue weighted by Crippen LogP contribution is -2.24. The number of nitrogens with zero attached hydrogens (tertiary/aromatic N) is 4. The van der Waals surface area contributed by atoms with Crippen molar-refractivity contribution in [3.05, 3.63) is 65.6 Å². The molecule has 4 rings (SSSR count). The molecule has 1 saturated heterocycles. The molecule has 0 bridgehead atoms. The lowest BCUT2D eigenvalue weighted by Gasteiger charge is -2.22. The van der Waals surface area contributed by atoms with E-state index in [4.69, 9.17) is 11.6 Å². The Morgan fingerprint density at radius 1 is 1.25 bits per heavy atom. The van der Waals surface area contributed by atoms with E-state index in [-0.39, 0.29) is 17.0 Å². The number of β-amino-alcohol motifs (C(OH)–C–C–N with tert-alkyl or cyclic N) is 1. The van der Waals surface area contributed by atoms with Gasteiger partial charge in [0.05, 0.1) is 23.0 Å². The number of amides is 1. The van der Waals surface area contributed by atoms with Crippen molar-refractivity contribution in [2.75, 3.05) is 28.6 Å². The summed E-state index contributed by atoms with van der Waals surface area (Å²) in [6, 6.07) is 10.6. The van der Waals surface area contributed by atoms with Gasteiger partial charge in [0, 0.05) is 42.8 Å². The van der Waals surface area contributed by atoms with E-state index in [0.717, 1.165) is 5.56 Å². The lowest BCUT2D eigenvalue weighted by atomic mass is 10.2. The first-order valence-corrected chi connectivity index (χ1v) is 11.2. The van der Waals surface area contributed by atoms with Gasteiger partial charge in [0.1, 0.15) is 11.8 Å². The van der Waals surface area contributed by atoms with Gasteiger partial charge in [-0.05, 0) is 55.3 Å². The molecule has 36 heavy (non-hydrogen) atoms. The van der Waals surface area contributed by atoms with Gasteiger partial charge in [0.25, 0.3) is 5.91 Å². The van der Waals surface area contributed by atoms with E-state index in [1.165, 1.54) is 30.5 Å². The molecule has 2 aromatic heterocycles. The quantitative estimate of drug-likeness (QED) is 0.397. The third kappa shape index (κ3) is 6.16. The minimum Gasteiger partial charge on any atom is -0.420 e. The summed E-state index contributed by atoms with van der Waals surface area (Å²) in [6.45, 7) is 2.78. The number of aromatic nitrogens is 2. The smallest absolute Gasteiger partial charge is 0.420 e. The van der Waals surface area contributed by atoms with Crippen molar-refractivity contribution in [3.63, 3.8) is 0 Å². The molecule has 3 N–H and O–H groups in total. The summed E-state index contributed by atoms with van der Waals surface area (Å²) in [6.07, 6.45) is 3.05. The number of anilines is 4. The number of nitrogens with one attached hydrogen (secondary N) is 2. The average Bonchev–Trinajstić information content (AvgIpc) is 3.25. The highest BCUT2D eigenvalue weighted by Gasteiger charge is 2.28. The number of aliphatic hydroxyl groups is 1. The van der Waals surface area contributed by atoms with Crippen molar-refractivity contribution in [1.29, 1.82) is 5.26 Å². The van der Waals surface area contributed by atoms with Crippen molar-refractivity contribution in [2.45, 2.75) is 25.0 Å². The van der Waals surface area contributed by atoms with E-state index < -0.39 is 17.6 Å². The van der Waals surface area contributed by atoms with Crippen LogP contribution in [0.1, 0.15) is 28.0 Å². The second kappa shape index (κ2) is 10.3. The maximum absolute atomic E-state index is 12.9. The fourth-order valence-corrected chi connectivity index (χ4v) is 3.79. The molecule has 1 amide bonds. The van der Waals surface area contributed by atoms with Crippen LogP contribution in [0.2, 0.25) is 0 Å². The Balaban J connectivity index is 1.60. The molecule has 1 atom stereocenters. The van der Waals surface area contributed by atoms with Crippen LogP contribution in [0.25, 0.3) is 0 Å². The fraction of sp³-hybridized carbons (Fsp3) is 0.250. The monoisotopic (exact) mass is 514 g/mol. The first kappa shape index (κ1) is 25.1. The maximum atomic E-state index is 12.9. The summed E-state index contributed by atoms with van der Waals surface area (Å²) in [5, 5.41) is 25.3. The number of halogens is 3. The molecule has 186 valence electrons. The Hall–Kier alpha value is -4.01. The minimum absolute atomic E-state index is 0.168. The van der Waals surface area contributed by atoms with E-state index in [0.29, 0.717) is 42.4 Å². The summed E-state index contributed by atoms with van der Waals surface area (Å²) in [5.41, 5.74) is -1.40. The number of alkyl halides is 3. The van der Waals surface area contributed by atoms with E-state index in [1.807, 2.05) is 17.9 Å². The minimum atomic E-state index is -3.84. The second-order valence-corrected chi connectivity index (χ2v) is 8.60. The standard InChI is InChI=1S/C24H21ClF2N6O3/c1-14-8-19(21(10-28)29-11-14)32-20-9-15(12-30-22(20)33-7-6-17(34)13-33)23(35)31-16-2-4-18(5-3-16)36-24(25,26)27/h2-5,8-9,11-12,17,32,34H,6-7,13H2,1H3,(H,31,35)/t17-/m1/s1. The highest BCUT2D eigenvalue weighted by atomic mass is 35.5. The molecule has 1 aromatic carbocycles. The van der Waals surface area contributed by atoms with Crippen LogP contribution in [-0.4, -0.2) is 45.7 Å². The van der Waals surface area contributed by atoms with Crippen molar-refractivity contribution in [3.8, 4) is 11.8 Å². The topological polar surface area (TPSA) is 123 Å². The van der Waals surface area contributed by atoms with E-state index in [2.05, 4.69) is 25.3 Å². The Morgan fingerprint density at radius 2 is 2.00 bits per heavy atom. The molecule has 1 aliphatic rings. The average molecular weight is 515 g/mol. The fourth-order valence-electron chi connectivity index (χ4n) is 3.70. The van der Waals surface area contributed by atoms with E-state index in [1.54, 1.807) is 18.3 Å². The van der Waals surface area contributed by atoms with Crippen LogP contribution in [0.5, 0.6) is 5.75 Å². The van der Waals surface area contributed by atoms with Crippen LogP contribution in [0.4, 0.5) is 31.7 Å². The summed E-state index contributed by atoms with van der Waals surface area (Å²) in [7, 11) is 0. The number of nitriles is 1. The van der Waals surface area contributed by atoms with Gasteiger partial charge in [-0.1, -0.05) is 0 Å². The number of benzene rings is 1. The van der Waals surface area contributed by atoms with E-state index in [9.17, 15) is 23.9 Å². The zero-order valence-corrected chi connectivity index (χ0v) is 19.8. The predicted molar refractivity (Wildman–Crippen MR) is 130 cm³/mol. The van der Waals surface area contributed by atoms with Gasteiger partial charge < -0.3 is 25.4 Å². The molecule has 9 nitrogen and oxygen atoms in total. The number of aryl methyl sites for hydroxylation is 1. The molecule has 0 saturated carbocycles. The number of carbonyl (C=O) groups is 1. The number of ether oxygens (including phenoxy) is 1. The highest BCUT2D eigenvalue weighted by Crippen LogP contribution is 2.32. The SMILES string of the molecule is Cc1cnc(C#N)c(Nc2cc(C(=O)Nc3ccc(OC(F)(F)Cl)cc3)cnc2N2CC[C@@H](O)C2)c1. The molecule has 1 aliphatic heterocycles. The molecule has 0 spiro atoms. The van der Waals surface area contributed by atoms with E-state index >= 15 is 0 Å². The second-order valence-electron chi connectivity index (χ2n) is 8.16. The van der Waals surface area contributed by atoms with Crippen molar-refractivity contribution >= 4 is 40.4 Å². The number of aliphatic hydroxyl groups excluding tert-OH is 1. The number of hydrogen-bond donors (Lipinski definition) is 3. The number of rotatable bonds is 7. The first-order valence-electron chi connectivity index (χ1n) is 10.9. The first-order chi connectivity index (χ1) is 17.1. The molecule has 0 unspecified atom stereocenters. The molecule has 0 radical (unpaired) electrons. The third-order valence-electron chi connectivity index (χ3n) is 5.34. The Bertz CT molecular complexity index is 1310. The van der Waals surface area contributed by atoms with Crippen molar-refractivity contribution in [1.82, 2.24) is 9.97 Å². The van der Waals surface area contributed by atoms with Crippen molar-refractivity contribution in [2.24, 2.45) is 0 Å². The van der Waals surface area contributed by atoms with Crippen LogP contribution in [0, 0.1) is 18.3 Å².